The molecule has 0 bridgehead atoms. The molecule has 0 unspecified atom stereocenters. The highest BCUT2D eigenvalue weighted by atomic mass is 16.3. The molecule has 0 saturated carbocycles. The minimum absolute atomic E-state index is 0.249. The lowest BCUT2D eigenvalue weighted by atomic mass is 10.1. The van der Waals surface area contributed by atoms with Crippen molar-refractivity contribution in [2.24, 2.45) is 5.10 Å². The number of rotatable bonds is 3. The molecular weight excluding hydrogens is 214 g/mol. The molecule has 0 aliphatic carbocycles. The lowest BCUT2D eigenvalue weighted by Gasteiger charge is -2.02. The minimum Gasteiger partial charge on any atom is -0.507 e. The molecule has 17 heavy (non-hydrogen) atoms. The fourth-order valence-corrected chi connectivity index (χ4v) is 1.38. The lowest BCUT2D eigenvalue weighted by Crippen LogP contribution is -1.93. The molecular formula is C13H13N3O. The van der Waals surface area contributed by atoms with E-state index in [0.717, 1.165) is 5.56 Å². The fraction of sp³-hybridized carbons (Fsp3) is 0.0769. The average Bonchev–Trinajstić information content (AvgIpc) is 2.36. The smallest absolute Gasteiger partial charge is 0.146 e. The summed E-state index contributed by atoms with van der Waals surface area (Å²) in [6.45, 7) is 1.85. The molecule has 0 saturated heterocycles. The van der Waals surface area contributed by atoms with Crippen LogP contribution in [0.2, 0.25) is 0 Å². The first-order chi connectivity index (χ1) is 8.27. The molecule has 0 aliphatic heterocycles. The summed E-state index contributed by atoms with van der Waals surface area (Å²) in [6, 6.07) is 11.0. The first-order valence-corrected chi connectivity index (χ1v) is 5.26. The molecule has 1 aromatic heterocycles. The van der Waals surface area contributed by atoms with Gasteiger partial charge in [-0.3, -0.25) is 5.43 Å². The average molecular weight is 227 g/mol. The van der Waals surface area contributed by atoms with E-state index in [0.29, 0.717) is 11.4 Å². The minimum atomic E-state index is 0.249. The van der Waals surface area contributed by atoms with Crippen molar-refractivity contribution in [2.75, 3.05) is 5.43 Å². The third-order valence-electron chi connectivity index (χ3n) is 2.32. The molecule has 1 aromatic carbocycles. The van der Waals surface area contributed by atoms with Crippen molar-refractivity contribution < 1.29 is 5.11 Å². The van der Waals surface area contributed by atoms with E-state index in [4.69, 9.17) is 0 Å². The first-order valence-electron chi connectivity index (χ1n) is 5.26. The van der Waals surface area contributed by atoms with Gasteiger partial charge in [-0.05, 0) is 30.7 Å². The number of pyridine rings is 1. The second-order valence-corrected chi connectivity index (χ2v) is 3.60. The zero-order valence-electron chi connectivity index (χ0n) is 9.46. The Hall–Kier alpha value is -2.36. The van der Waals surface area contributed by atoms with Crippen molar-refractivity contribution in [3.63, 3.8) is 0 Å². The number of nitrogens with zero attached hydrogens (tertiary/aromatic N) is 2. The fourth-order valence-electron chi connectivity index (χ4n) is 1.38. The number of phenolic OH excluding ortho intramolecular Hbond substituents is 1. The summed E-state index contributed by atoms with van der Waals surface area (Å²) in [5, 5.41) is 13.8. The van der Waals surface area contributed by atoms with E-state index >= 15 is 0 Å². The maximum atomic E-state index is 9.76. The van der Waals surface area contributed by atoms with Crippen molar-refractivity contribution in [1.82, 2.24) is 4.98 Å². The number of hydrazone groups is 1. The number of aromatic nitrogens is 1. The predicted octanol–water partition coefficient (Wildman–Crippen LogP) is 2.54. The summed E-state index contributed by atoms with van der Waals surface area (Å²) in [6.07, 6.45) is 3.25. The van der Waals surface area contributed by atoms with E-state index in [9.17, 15) is 5.11 Å². The number of hydrogen-bond acceptors (Lipinski definition) is 4. The van der Waals surface area contributed by atoms with Gasteiger partial charge in [0, 0.05) is 11.8 Å². The number of phenols is 1. The van der Waals surface area contributed by atoms with Crippen molar-refractivity contribution in [3.8, 4) is 5.75 Å². The van der Waals surface area contributed by atoms with E-state index in [2.05, 4.69) is 15.5 Å². The number of benzene rings is 1. The molecule has 2 N–H and O–H groups in total. The monoisotopic (exact) mass is 227 g/mol. The normalized spacial score (nSPS) is 10.6. The molecule has 1 heterocycles. The Morgan fingerprint density at radius 2 is 2.12 bits per heavy atom. The van der Waals surface area contributed by atoms with Crippen LogP contribution in [0.5, 0.6) is 5.75 Å². The molecule has 0 spiro atoms. The topological polar surface area (TPSA) is 57.5 Å². The van der Waals surface area contributed by atoms with E-state index < -0.39 is 0 Å². The van der Waals surface area contributed by atoms with E-state index in [1.54, 1.807) is 18.5 Å². The molecule has 0 atom stereocenters. The van der Waals surface area contributed by atoms with Crippen LogP contribution in [0.25, 0.3) is 0 Å². The molecule has 0 fully saturated rings. The highest BCUT2D eigenvalue weighted by Gasteiger charge is 1.99. The molecule has 0 amide bonds. The zero-order valence-corrected chi connectivity index (χ0v) is 9.46. The van der Waals surface area contributed by atoms with E-state index in [-0.39, 0.29) is 5.75 Å². The molecule has 2 aromatic rings. The number of aromatic hydroxyl groups is 1. The van der Waals surface area contributed by atoms with Crippen molar-refractivity contribution >= 4 is 12.0 Å². The summed E-state index contributed by atoms with van der Waals surface area (Å²) in [7, 11) is 0. The molecule has 86 valence electrons. The van der Waals surface area contributed by atoms with Crippen LogP contribution in [0.3, 0.4) is 0 Å². The summed E-state index contributed by atoms with van der Waals surface area (Å²) in [5.41, 5.74) is 4.29. The highest BCUT2D eigenvalue weighted by Crippen LogP contribution is 2.19. The maximum absolute atomic E-state index is 9.76. The third-order valence-corrected chi connectivity index (χ3v) is 2.32. The number of aryl methyl sites for hydroxylation is 1. The zero-order chi connectivity index (χ0) is 12.1. The number of nitrogens with one attached hydrogen (secondary N) is 1. The van der Waals surface area contributed by atoms with Crippen LogP contribution in [0, 0.1) is 6.92 Å². The first kappa shape index (κ1) is 11.1. The van der Waals surface area contributed by atoms with Gasteiger partial charge in [-0.25, -0.2) is 4.98 Å². The van der Waals surface area contributed by atoms with Gasteiger partial charge in [-0.2, -0.15) is 5.10 Å². The van der Waals surface area contributed by atoms with Crippen molar-refractivity contribution in [1.29, 1.82) is 0 Å². The van der Waals surface area contributed by atoms with Crippen LogP contribution < -0.4 is 5.43 Å². The van der Waals surface area contributed by atoms with Crippen LogP contribution in [0.15, 0.2) is 47.7 Å². The van der Waals surface area contributed by atoms with Gasteiger partial charge in [0.05, 0.1) is 6.21 Å². The quantitative estimate of drug-likeness (QED) is 0.625. The van der Waals surface area contributed by atoms with Crippen LogP contribution in [0.1, 0.15) is 11.1 Å². The molecule has 0 aliphatic rings. The van der Waals surface area contributed by atoms with Gasteiger partial charge in [-0.15, -0.1) is 0 Å². The second kappa shape index (κ2) is 5.12. The van der Waals surface area contributed by atoms with Gasteiger partial charge in [0.1, 0.15) is 11.6 Å². The molecule has 4 heteroatoms. The van der Waals surface area contributed by atoms with Crippen LogP contribution >= 0.6 is 0 Å². The lowest BCUT2D eigenvalue weighted by molar-refractivity contribution is 0.470. The van der Waals surface area contributed by atoms with Crippen LogP contribution in [0.4, 0.5) is 5.82 Å². The van der Waals surface area contributed by atoms with Gasteiger partial charge in [0.2, 0.25) is 0 Å². The van der Waals surface area contributed by atoms with E-state index in [1.165, 1.54) is 0 Å². The Balaban J connectivity index is 2.09. The Labute approximate surface area is 99.6 Å². The number of para-hydroxylation sites is 1. The van der Waals surface area contributed by atoms with Gasteiger partial charge >= 0.3 is 0 Å². The number of anilines is 1. The van der Waals surface area contributed by atoms with Gasteiger partial charge in [-0.1, -0.05) is 18.2 Å². The summed E-state index contributed by atoms with van der Waals surface area (Å²) in [5.74, 6) is 0.912. The largest absolute Gasteiger partial charge is 0.507 e. The third kappa shape index (κ3) is 2.81. The van der Waals surface area contributed by atoms with E-state index in [1.807, 2.05) is 37.3 Å². The maximum Gasteiger partial charge on any atom is 0.146 e. The second-order valence-electron chi connectivity index (χ2n) is 3.60. The Morgan fingerprint density at radius 3 is 2.88 bits per heavy atom. The van der Waals surface area contributed by atoms with Crippen LogP contribution in [-0.2, 0) is 0 Å². The highest BCUT2D eigenvalue weighted by molar-refractivity contribution is 5.84. The van der Waals surface area contributed by atoms with Crippen molar-refractivity contribution in [3.05, 3.63) is 53.7 Å². The van der Waals surface area contributed by atoms with Crippen LogP contribution in [-0.4, -0.2) is 16.3 Å². The van der Waals surface area contributed by atoms with Gasteiger partial charge in [0.15, 0.2) is 0 Å². The summed E-state index contributed by atoms with van der Waals surface area (Å²) >= 11 is 0. The Kier molecular flexibility index (Phi) is 3.35. The molecule has 2 rings (SSSR count). The SMILES string of the molecule is Cc1cccc(/C=N/Nc2ccccn2)c1O. The predicted molar refractivity (Wildman–Crippen MR) is 68.3 cm³/mol. The molecule has 0 radical (unpaired) electrons. The van der Waals surface area contributed by atoms with Crippen molar-refractivity contribution in [2.45, 2.75) is 6.92 Å². The standard InChI is InChI=1S/C13H13N3O/c1-10-5-4-6-11(13(10)17)9-15-16-12-7-2-3-8-14-12/h2-9,17H,1H3,(H,14,16)/b15-9+. The molecule has 4 nitrogen and oxygen atoms in total. The number of hydrogen-bond donors (Lipinski definition) is 2. The van der Waals surface area contributed by atoms with Gasteiger partial charge < -0.3 is 5.11 Å². The summed E-state index contributed by atoms with van der Waals surface area (Å²) < 4.78 is 0. The Bertz CT molecular complexity index is 523. The Morgan fingerprint density at radius 1 is 1.24 bits per heavy atom. The van der Waals surface area contributed by atoms with Gasteiger partial charge in [0.25, 0.3) is 0 Å². The summed E-state index contributed by atoms with van der Waals surface area (Å²) in [4.78, 5) is 4.06.